The third kappa shape index (κ3) is 2.65. The Morgan fingerprint density at radius 1 is 1.59 bits per heavy atom. The molecule has 0 radical (unpaired) electrons. The van der Waals surface area contributed by atoms with Gasteiger partial charge in [-0.1, -0.05) is 6.07 Å². The van der Waals surface area contributed by atoms with Gasteiger partial charge in [0.05, 0.1) is 12.0 Å². The molecular weight excluding hydrogens is 240 g/mol. The van der Waals surface area contributed by atoms with Gasteiger partial charge in [0, 0.05) is 19.6 Å². The van der Waals surface area contributed by atoms with Crippen molar-refractivity contribution in [3.05, 3.63) is 22.4 Å². The van der Waals surface area contributed by atoms with Crippen molar-refractivity contribution >= 4 is 23.2 Å². The van der Waals surface area contributed by atoms with Crippen LogP contribution in [0.5, 0.6) is 0 Å². The zero-order valence-corrected chi connectivity index (χ0v) is 10.3. The molecule has 5 nitrogen and oxygen atoms in total. The number of carbonyl (C=O) groups is 2. The molecule has 1 aromatic rings. The average Bonchev–Trinajstić information content (AvgIpc) is 2.91. The third-order valence-electron chi connectivity index (χ3n) is 2.68. The average molecular weight is 254 g/mol. The summed E-state index contributed by atoms with van der Waals surface area (Å²) in [6.07, 6.45) is 0. The number of nitrogens with one attached hydrogen (secondary N) is 1. The number of ether oxygens (including phenoxy) is 1. The van der Waals surface area contributed by atoms with Gasteiger partial charge in [0.25, 0.3) is 5.91 Å². The predicted octanol–water partition coefficient (Wildman–Crippen LogP) is 0.335. The molecule has 92 valence electrons. The maximum absolute atomic E-state index is 12.1. The first-order valence-corrected chi connectivity index (χ1v) is 6.24. The third-order valence-corrected chi connectivity index (χ3v) is 3.54. The second kappa shape index (κ2) is 5.29. The highest BCUT2D eigenvalue weighted by molar-refractivity contribution is 7.12. The summed E-state index contributed by atoms with van der Waals surface area (Å²) in [7, 11) is 1.35. The van der Waals surface area contributed by atoms with Gasteiger partial charge in [-0.05, 0) is 11.4 Å². The van der Waals surface area contributed by atoms with Crippen LogP contribution in [-0.2, 0) is 9.53 Å². The van der Waals surface area contributed by atoms with Crippen molar-refractivity contribution < 1.29 is 14.3 Å². The molecule has 1 aromatic heterocycles. The molecule has 0 aromatic carbocycles. The minimum absolute atomic E-state index is 0.0181. The summed E-state index contributed by atoms with van der Waals surface area (Å²) in [4.78, 5) is 25.9. The van der Waals surface area contributed by atoms with Crippen molar-refractivity contribution in [1.82, 2.24) is 10.2 Å². The lowest BCUT2D eigenvalue weighted by Gasteiger charge is -2.31. The molecule has 6 heteroatoms. The molecular formula is C11H14N2O3S. The summed E-state index contributed by atoms with van der Waals surface area (Å²) in [6.45, 7) is 1.59. The van der Waals surface area contributed by atoms with E-state index in [4.69, 9.17) is 0 Å². The number of esters is 1. The number of rotatable bonds is 2. The quantitative estimate of drug-likeness (QED) is 0.773. The van der Waals surface area contributed by atoms with Crippen LogP contribution in [0.4, 0.5) is 0 Å². The second-order valence-electron chi connectivity index (χ2n) is 3.76. The van der Waals surface area contributed by atoms with E-state index in [0.29, 0.717) is 24.5 Å². The smallest absolute Gasteiger partial charge is 0.324 e. The molecule has 0 spiro atoms. The van der Waals surface area contributed by atoms with E-state index in [1.165, 1.54) is 18.4 Å². The molecule has 1 aliphatic heterocycles. The monoisotopic (exact) mass is 254 g/mol. The largest absolute Gasteiger partial charge is 0.468 e. The normalized spacial score (nSPS) is 20.1. The van der Waals surface area contributed by atoms with Gasteiger partial charge in [0.1, 0.15) is 6.04 Å². The van der Waals surface area contributed by atoms with Crippen LogP contribution in [0.1, 0.15) is 9.67 Å². The van der Waals surface area contributed by atoms with E-state index in [-0.39, 0.29) is 11.9 Å². The lowest BCUT2D eigenvalue weighted by Crippen LogP contribution is -2.55. The van der Waals surface area contributed by atoms with Gasteiger partial charge in [0.15, 0.2) is 0 Å². The molecule has 0 bridgehead atoms. The lowest BCUT2D eigenvalue weighted by molar-refractivity contribution is -0.144. The van der Waals surface area contributed by atoms with E-state index in [0.717, 1.165) is 0 Å². The van der Waals surface area contributed by atoms with Crippen LogP contribution in [0.25, 0.3) is 0 Å². The maximum Gasteiger partial charge on any atom is 0.324 e. The Morgan fingerprint density at radius 2 is 2.41 bits per heavy atom. The number of amides is 1. The molecule has 2 rings (SSSR count). The first kappa shape index (κ1) is 12.1. The summed E-state index contributed by atoms with van der Waals surface area (Å²) in [5, 5.41) is 4.90. The highest BCUT2D eigenvalue weighted by Gasteiger charge is 2.29. The second-order valence-corrected chi connectivity index (χ2v) is 4.71. The molecule has 1 aliphatic rings. The Balaban J connectivity index is 2.02. The number of hydrogen-bond acceptors (Lipinski definition) is 5. The highest BCUT2D eigenvalue weighted by atomic mass is 32.1. The standard InChI is InChI=1S/C11H14N2O3S/c1-16-11(15)8-7-13(5-4-12-8)10(14)9-3-2-6-17-9/h2-3,6,8,12H,4-5,7H2,1H3. The van der Waals surface area contributed by atoms with Gasteiger partial charge in [-0.2, -0.15) is 0 Å². The molecule has 17 heavy (non-hydrogen) atoms. The van der Waals surface area contributed by atoms with Crippen molar-refractivity contribution in [3.63, 3.8) is 0 Å². The molecule has 1 N–H and O–H groups in total. The van der Waals surface area contributed by atoms with Crippen LogP contribution in [0.15, 0.2) is 17.5 Å². The van der Waals surface area contributed by atoms with E-state index < -0.39 is 6.04 Å². The predicted molar refractivity (Wildman–Crippen MR) is 64.0 cm³/mol. The summed E-state index contributed by atoms with van der Waals surface area (Å²) < 4.78 is 4.67. The highest BCUT2D eigenvalue weighted by Crippen LogP contribution is 2.13. The molecule has 1 unspecified atom stereocenters. The fourth-order valence-corrected chi connectivity index (χ4v) is 2.48. The van der Waals surface area contributed by atoms with Crippen molar-refractivity contribution in [2.24, 2.45) is 0 Å². The molecule has 2 heterocycles. The minimum atomic E-state index is -0.419. The Kier molecular flexibility index (Phi) is 3.75. The van der Waals surface area contributed by atoms with E-state index in [2.05, 4.69) is 10.1 Å². The van der Waals surface area contributed by atoms with Crippen molar-refractivity contribution in [1.29, 1.82) is 0 Å². The zero-order valence-electron chi connectivity index (χ0n) is 9.51. The molecule has 0 saturated carbocycles. The van der Waals surface area contributed by atoms with Gasteiger partial charge in [-0.15, -0.1) is 11.3 Å². The molecule has 0 aliphatic carbocycles. The Morgan fingerprint density at radius 3 is 3.06 bits per heavy atom. The van der Waals surface area contributed by atoms with E-state index in [9.17, 15) is 9.59 Å². The Labute approximate surface area is 103 Å². The zero-order chi connectivity index (χ0) is 12.3. The van der Waals surface area contributed by atoms with E-state index >= 15 is 0 Å². The van der Waals surface area contributed by atoms with Crippen LogP contribution in [-0.4, -0.2) is 49.6 Å². The number of thiophene rings is 1. The van der Waals surface area contributed by atoms with E-state index in [1.807, 2.05) is 11.4 Å². The SMILES string of the molecule is COC(=O)C1CN(C(=O)c2cccs2)CCN1. The number of nitrogens with zero attached hydrogens (tertiary/aromatic N) is 1. The molecule has 1 saturated heterocycles. The lowest BCUT2D eigenvalue weighted by atomic mass is 10.2. The van der Waals surface area contributed by atoms with Gasteiger partial charge >= 0.3 is 5.97 Å². The first-order chi connectivity index (χ1) is 8.22. The fourth-order valence-electron chi connectivity index (χ4n) is 1.79. The molecule has 1 amide bonds. The van der Waals surface area contributed by atoms with Gasteiger partial charge in [-0.3, -0.25) is 9.59 Å². The van der Waals surface area contributed by atoms with Crippen LogP contribution in [0.3, 0.4) is 0 Å². The first-order valence-electron chi connectivity index (χ1n) is 5.36. The summed E-state index contributed by atoms with van der Waals surface area (Å²) >= 11 is 1.41. The van der Waals surface area contributed by atoms with Gasteiger partial charge < -0.3 is 15.0 Å². The fraction of sp³-hybridized carbons (Fsp3) is 0.455. The molecule has 1 fully saturated rings. The van der Waals surface area contributed by atoms with Gasteiger partial charge in [-0.25, -0.2) is 0 Å². The van der Waals surface area contributed by atoms with E-state index in [1.54, 1.807) is 11.0 Å². The summed E-state index contributed by atoms with van der Waals surface area (Å²) in [6, 6.07) is 3.22. The summed E-state index contributed by atoms with van der Waals surface area (Å²) in [5.41, 5.74) is 0. The minimum Gasteiger partial charge on any atom is -0.468 e. The number of methoxy groups -OCH3 is 1. The number of piperazine rings is 1. The molecule has 1 atom stereocenters. The van der Waals surface area contributed by atoms with Crippen LogP contribution < -0.4 is 5.32 Å². The van der Waals surface area contributed by atoms with Crippen LogP contribution in [0, 0.1) is 0 Å². The Hall–Kier alpha value is -1.40. The number of hydrogen-bond donors (Lipinski definition) is 1. The van der Waals surface area contributed by atoms with Crippen LogP contribution >= 0.6 is 11.3 Å². The van der Waals surface area contributed by atoms with Crippen molar-refractivity contribution in [2.75, 3.05) is 26.7 Å². The van der Waals surface area contributed by atoms with Crippen molar-refractivity contribution in [2.45, 2.75) is 6.04 Å². The summed E-state index contributed by atoms with van der Waals surface area (Å²) in [5.74, 6) is -0.343. The number of carbonyl (C=O) groups excluding carboxylic acids is 2. The maximum atomic E-state index is 12.1. The topological polar surface area (TPSA) is 58.6 Å². The van der Waals surface area contributed by atoms with Crippen molar-refractivity contribution in [3.8, 4) is 0 Å². The van der Waals surface area contributed by atoms with Crippen LogP contribution in [0.2, 0.25) is 0 Å². The Bertz CT molecular complexity index is 405. The van der Waals surface area contributed by atoms with Gasteiger partial charge in [0.2, 0.25) is 0 Å².